The van der Waals surface area contributed by atoms with Crippen molar-refractivity contribution in [3.8, 4) is 23.0 Å². The van der Waals surface area contributed by atoms with Crippen LogP contribution in [0, 0.1) is 0 Å². The van der Waals surface area contributed by atoms with Crippen molar-refractivity contribution < 1.29 is 18.9 Å². The summed E-state index contributed by atoms with van der Waals surface area (Å²) in [6, 6.07) is 21.6. The first-order valence-corrected chi connectivity index (χ1v) is 11.8. The summed E-state index contributed by atoms with van der Waals surface area (Å²) < 4.78 is 25.8. The van der Waals surface area contributed by atoms with Gasteiger partial charge in [0.1, 0.15) is 30.0 Å². The lowest BCUT2D eigenvalue weighted by molar-refractivity contribution is 0.221. The first kappa shape index (κ1) is 22.0. The van der Waals surface area contributed by atoms with Crippen molar-refractivity contribution in [1.29, 1.82) is 0 Å². The Balaban J connectivity index is 1.60. The zero-order chi connectivity index (χ0) is 24.6. The van der Waals surface area contributed by atoms with Gasteiger partial charge in [-0.1, -0.05) is 36.4 Å². The highest BCUT2D eigenvalue weighted by atomic mass is 16.5. The quantitative estimate of drug-likeness (QED) is 0.402. The van der Waals surface area contributed by atoms with Crippen LogP contribution in [-0.2, 0) is 0 Å². The number of methoxy groups -OCH3 is 2. The summed E-state index contributed by atoms with van der Waals surface area (Å²) in [5.41, 5.74) is 4.82. The second kappa shape index (κ2) is 8.96. The molecule has 2 aliphatic heterocycles. The van der Waals surface area contributed by atoms with Gasteiger partial charge in [0.2, 0.25) is 5.95 Å². The molecule has 0 aliphatic carbocycles. The standard InChI is InChI=1S/C28H26N4O4/c1-4-35-22-14-13-17(15-23(22)34-3)27-24-25(18-9-5-8-12-21(18)36-27)31-28-29-16-30-32(28)26(24)19-10-6-7-11-20(19)33-2/h5-16,26-27H,4H2,1-3H3,(H,29,30,31)/t26-,27-/m0/s1. The van der Waals surface area contributed by atoms with Crippen LogP contribution in [0.25, 0.3) is 5.70 Å². The largest absolute Gasteiger partial charge is 0.496 e. The zero-order valence-electron chi connectivity index (χ0n) is 20.3. The third kappa shape index (κ3) is 3.45. The maximum Gasteiger partial charge on any atom is 0.226 e. The predicted octanol–water partition coefficient (Wildman–Crippen LogP) is 5.25. The molecule has 0 unspecified atom stereocenters. The maximum atomic E-state index is 6.71. The zero-order valence-corrected chi connectivity index (χ0v) is 20.3. The molecular weight excluding hydrogens is 456 g/mol. The monoisotopic (exact) mass is 482 g/mol. The van der Waals surface area contributed by atoms with E-state index in [1.165, 1.54) is 0 Å². The van der Waals surface area contributed by atoms with Gasteiger partial charge < -0.3 is 24.3 Å². The molecule has 8 nitrogen and oxygen atoms in total. The number of hydrogen-bond acceptors (Lipinski definition) is 7. The second-order valence-electron chi connectivity index (χ2n) is 8.47. The van der Waals surface area contributed by atoms with E-state index in [2.05, 4.69) is 27.5 Å². The summed E-state index contributed by atoms with van der Waals surface area (Å²) >= 11 is 0. The van der Waals surface area contributed by atoms with E-state index in [9.17, 15) is 0 Å². The Morgan fingerprint density at radius 2 is 1.75 bits per heavy atom. The summed E-state index contributed by atoms with van der Waals surface area (Å²) in [4.78, 5) is 4.50. The number of para-hydroxylation sites is 2. The van der Waals surface area contributed by atoms with Gasteiger partial charge in [0, 0.05) is 22.3 Å². The first-order chi connectivity index (χ1) is 17.7. The molecule has 0 fully saturated rings. The average Bonchev–Trinajstić information content (AvgIpc) is 3.40. The third-order valence-corrected chi connectivity index (χ3v) is 6.55. The van der Waals surface area contributed by atoms with E-state index in [0.717, 1.165) is 39.5 Å². The minimum atomic E-state index is -0.431. The SMILES string of the molecule is CCOc1ccc([C@@H]2Oc3ccccc3C3=C2[C@H](c2ccccc2OC)n2ncnc2N3)cc1OC. The molecule has 8 heteroatoms. The molecule has 0 bridgehead atoms. The Morgan fingerprint density at radius 3 is 2.58 bits per heavy atom. The Morgan fingerprint density at radius 1 is 0.944 bits per heavy atom. The molecule has 182 valence electrons. The highest BCUT2D eigenvalue weighted by Crippen LogP contribution is 2.52. The summed E-state index contributed by atoms with van der Waals surface area (Å²) in [6.45, 7) is 2.50. The lowest BCUT2D eigenvalue weighted by Crippen LogP contribution is -2.32. The molecule has 0 spiro atoms. The van der Waals surface area contributed by atoms with Gasteiger partial charge in [-0.3, -0.25) is 0 Å². The molecule has 36 heavy (non-hydrogen) atoms. The molecule has 0 radical (unpaired) electrons. The molecule has 1 N–H and O–H groups in total. The van der Waals surface area contributed by atoms with Crippen LogP contribution < -0.4 is 24.3 Å². The number of nitrogens with zero attached hydrogens (tertiary/aromatic N) is 3. The summed E-state index contributed by atoms with van der Waals surface area (Å²) in [5, 5.41) is 8.11. The fraction of sp³-hybridized carbons (Fsp3) is 0.214. The van der Waals surface area contributed by atoms with E-state index in [1.54, 1.807) is 20.5 Å². The van der Waals surface area contributed by atoms with Crippen LogP contribution in [-0.4, -0.2) is 35.6 Å². The summed E-state index contributed by atoms with van der Waals surface area (Å²) in [5.74, 6) is 3.55. The molecule has 0 saturated carbocycles. The van der Waals surface area contributed by atoms with Crippen molar-refractivity contribution in [3.05, 3.63) is 95.3 Å². The maximum absolute atomic E-state index is 6.71. The van der Waals surface area contributed by atoms with Crippen LogP contribution in [0.2, 0.25) is 0 Å². The Hall–Kier alpha value is -4.46. The number of rotatable bonds is 6. The normalized spacial score (nSPS) is 17.8. The molecule has 3 heterocycles. The molecule has 0 saturated heterocycles. The predicted molar refractivity (Wildman–Crippen MR) is 136 cm³/mol. The van der Waals surface area contributed by atoms with Crippen LogP contribution in [0.5, 0.6) is 23.0 Å². The number of benzene rings is 3. The van der Waals surface area contributed by atoms with Crippen molar-refractivity contribution in [2.75, 3.05) is 26.1 Å². The Kier molecular flexibility index (Phi) is 5.48. The van der Waals surface area contributed by atoms with E-state index < -0.39 is 6.10 Å². The van der Waals surface area contributed by atoms with Crippen LogP contribution >= 0.6 is 0 Å². The lowest BCUT2D eigenvalue weighted by Gasteiger charge is -2.39. The number of fused-ring (bicyclic) bond motifs is 3. The number of nitrogens with one attached hydrogen (secondary N) is 1. The van der Waals surface area contributed by atoms with Crippen LogP contribution in [0.4, 0.5) is 5.95 Å². The van der Waals surface area contributed by atoms with Crippen LogP contribution in [0.1, 0.15) is 35.8 Å². The minimum Gasteiger partial charge on any atom is -0.496 e. The molecule has 1 aromatic heterocycles. The Labute approximate surface area is 209 Å². The molecule has 0 amide bonds. The fourth-order valence-corrected chi connectivity index (χ4v) is 5.01. The summed E-state index contributed by atoms with van der Waals surface area (Å²) in [6.07, 6.45) is 1.13. The van der Waals surface area contributed by atoms with E-state index in [0.29, 0.717) is 24.1 Å². The van der Waals surface area contributed by atoms with Gasteiger partial charge in [0.05, 0.1) is 26.5 Å². The van der Waals surface area contributed by atoms with Crippen molar-refractivity contribution in [1.82, 2.24) is 14.8 Å². The van der Waals surface area contributed by atoms with Gasteiger partial charge in [0.15, 0.2) is 11.5 Å². The van der Waals surface area contributed by atoms with Crippen LogP contribution in [0.3, 0.4) is 0 Å². The van der Waals surface area contributed by atoms with E-state index in [1.807, 2.05) is 66.2 Å². The first-order valence-electron chi connectivity index (χ1n) is 11.8. The molecule has 2 atom stereocenters. The molecular formula is C28H26N4O4. The van der Waals surface area contributed by atoms with Crippen LogP contribution in [0.15, 0.2) is 78.6 Å². The second-order valence-corrected chi connectivity index (χ2v) is 8.47. The molecule has 6 rings (SSSR count). The number of aromatic nitrogens is 3. The van der Waals surface area contributed by atoms with Gasteiger partial charge >= 0.3 is 0 Å². The number of ether oxygens (including phenoxy) is 4. The Bertz CT molecular complexity index is 1460. The van der Waals surface area contributed by atoms with Gasteiger partial charge in [-0.05, 0) is 37.3 Å². The third-order valence-electron chi connectivity index (χ3n) is 6.55. The highest BCUT2D eigenvalue weighted by Gasteiger charge is 2.42. The topological polar surface area (TPSA) is 79.7 Å². The van der Waals surface area contributed by atoms with Crippen molar-refractivity contribution in [2.24, 2.45) is 0 Å². The van der Waals surface area contributed by atoms with Crippen molar-refractivity contribution in [2.45, 2.75) is 19.1 Å². The molecule has 2 aliphatic rings. The highest BCUT2D eigenvalue weighted by molar-refractivity contribution is 5.85. The van der Waals surface area contributed by atoms with Gasteiger partial charge in [-0.25, -0.2) is 4.68 Å². The molecule has 3 aromatic carbocycles. The van der Waals surface area contributed by atoms with Gasteiger partial charge in [-0.15, -0.1) is 0 Å². The van der Waals surface area contributed by atoms with Crippen molar-refractivity contribution >= 4 is 11.6 Å². The minimum absolute atomic E-state index is 0.314. The molecule has 4 aromatic rings. The number of hydrogen-bond donors (Lipinski definition) is 1. The van der Waals surface area contributed by atoms with Gasteiger partial charge in [0.25, 0.3) is 0 Å². The average molecular weight is 483 g/mol. The smallest absolute Gasteiger partial charge is 0.226 e. The van der Waals surface area contributed by atoms with Crippen molar-refractivity contribution in [3.63, 3.8) is 0 Å². The lowest BCUT2D eigenvalue weighted by atomic mass is 9.84. The summed E-state index contributed by atoms with van der Waals surface area (Å²) in [7, 11) is 3.32. The van der Waals surface area contributed by atoms with E-state index in [4.69, 9.17) is 18.9 Å². The fourth-order valence-electron chi connectivity index (χ4n) is 5.01. The van der Waals surface area contributed by atoms with Gasteiger partial charge in [-0.2, -0.15) is 10.1 Å². The van der Waals surface area contributed by atoms with E-state index >= 15 is 0 Å². The number of anilines is 1. The van der Waals surface area contributed by atoms with E-state index in [-0.39, 0.29) is 6.04 Å².